The highest BCUT2D eigenvalue weighted by molar-refractivity contribution is 5.72. The summed E-state index contributed by atoms with van der Waals surface area (Å²) in [6, 6.07) is 0. The van der Waals surface area contributed by atoms with E-state index >= 15 is 0 Å². The maximum absolute atomic E-state index is 11.3. The number of imidazole rings is 1. The monoisotopic (exact) mass is 212 g/mol. The van der Waals surface area contributed by atoms with Crippen LogP contribution >= 0.6 is 0 Å². The minimum atomic E-state index is -0.566. The molecule has 15 heavy (non-hydrogen) atoms. The fourth-order valence-corrected chi connectivity index (χ4v) is 0.960. The van der Waals surface area contributed by atoms with Gasteiger partial charge < -0.3 is 9.47 Å². The molecule has 0 radical (unpaired) electrons. The van der Waals surface area contributed by atoms with Crippen molar-refractivity contribution in [3.63, 3.8) is 0 Å². The summed E-state index contributed by atoms with van der Waals surface area (Å²) in [6.45, 7) is 1.62. The van der Waals surface area contributed by atoms with Crippen LogP contribution in [-0.4, -0.2) is 34.8 Å². The largest absolute Gasteiger partial charge is 0.469 e. The lowest BCUT2D eigenvalue weighted by Gasteiger charge is -2.11. The van der Waals surface area contributed by atoms with Crippen molar-refractivity contribution in [3.8, 4) is 0 Å². The first-order valence-corrected chi connectivity index (χ1v) is 4.39. The first-order valence-electron chi connectivity index (χ1n) is 4.39. The highest BCUT2D eigenvalue weighted by atomic mass is 16.6. The van der Waals surface area contributed by atoms with Crippen molar-refractivity contribution >= 4 is 12.1 Å². The Hall–Kier alpha value is -1.85. The number of carbonyl (C=O) groups excluding carboxylic acids is 2. The number of hydrogen-bond acceptors (Lipinski definition) is 5. The second-order valence-corrected chi connectivity index (χ2v) is 2.94. The maximum Gasteiger partial charge on any atom is 0.419 e. The second-order valence-electron chi connectivity index (χ2n) is 2.94. The van der Waals surface area contributed by atoms with Gasteiger partial charge in [0, 0.05) is 12.4 Å². The SMILES string of the molecule is COC(=O)C[C@@H](C)OC(=O)n1ccnc1. The molecule has 6 nitrogen and oxygen atoms in total. The third kappa shape index (κ3) is 3.41. The molecule has 0 aliphatic rings. The topological polar surface area (TPSA) is 70.4 Å². The lowest BCUT2D eigenvalue weighted by Crippen LogP contribution is -2.22. The van der Waals surface area contributed by atoms with Crippen LogP contribution in [0.4, 0.5) is 4.79 Å². The lowest BCUT2D eigenvalue weighted by molar-refractivity contribution is -0.142. The molecule has 1 rings (SSSR count). The van der Waals surface area contributed by atoms with Gasteiger partial charge in [0.05, 0.1) is 13.5 Å². The van der Waals surface area contributed by atoms with Gasteiger partial charge in [-0.1, -0.05) is 0 Å². The fraction of sp³-hybridized carbons (Fsp3) is 0.444. The van der Waals surface area contributed by atoms with Crippen molar-refractivity contribution in [3.05, 3.63) is 18.7 Å². The molecule has 0 fully saturated rings. The third-order valence-electron chi connectivity index (χ3n) is 1.70. The van der Waals surface area contributed by atoms with Gasteiger partial charge in [0.1, 0.15) is 12.4 Å². The summed E-state index contributed by atoms with van der Waals surface area (Å²) in [5.74, 6) is -0.416. The highest BCUT2D eigenvalue weighted by Gasteiger charge is 2.14. The molecular formula is C9H12N2O4. The molecule has 0 saturated carbocycles. The zero-order chi connectivity index (χ0) is 11.3. The average Bonchev–Trinajstić information content (AvgIpc) is 2.70. The van der Waals surface area contributed by atoms with Crippen molar-refractivity contribution in [2.45, 2.75) is 19.4 Å². The molecule has 0 unspecified atom stereocenters. The van der Waals surface area contributed by atoms with Crippen LogP contribution in [0, 0.1) is 0 Å². The van der Waals surface area contributed by atoms with E-state index in [0.717, 1.165) is 0 Å². The molecule has 1 heterocycles. The van der Waals surface area contributed by atoms with E-state index in [1.165, 1.54) is 30.4 Å². The Morgan fingerprint density at radius 3 is 2.80 bits per heavy atom. The standard InChI is InChI=1S/C9H12N2O4/c1-7(5-8(12)14-2)15-9(13)11-4-3-10-6-11/h3-4,6-7H,5H2,1-2H3/t7-/m1/s1. The summed E-state index contributed by atoms with van der Waals surface area (Å²) in [5.41, 5.74) is 0. The Labute approximate surface area is 86.8 Å². The Kier molecular flexibility index (Phi) is 3.84. The van der Waals surface area contributed by atoms with Crippen molar-refractivity contribution in [2.24, 2.45) is 0 Å². The van der Waals surface area contributed by atoms with E-state index in [1.54, 1.807) is 6.92 Å². The van der Waals surface area contributed by atoms with Crippen molar-refractivity contribution in [2.75, 3.05) is 7.11 Å². The molecule has 6 heteroatoms. The van der Waals surface area contributed by atoms with E-state index in [9.17, 15) is 9.59 Å². The van der Waals surface area contributed by atoms with Gasteiger partial charge in [-0.25, -0.2) is 14.3 Å². The van der Waals surface area contributed by atoms with E-state index in [2.05, 4.69) is 9.72 Å². The zero-order valence-electron chi connectivity index (χ0n) is 8.54. The van der Waals surface area contributed by atoms with Gasteiger partial charge in [0.2, 0.25) is 0 Å². The zero-order valence-corrected chi connectivity index (χ0v) is 8.54. The minimum absolute atomic E-state index is 0.0386. The Balaban J connectivity index is 2.42. The number of carbonyl (C=O) groups is 2. The second kappa shape index (κ2) is 5.14. The van der Waals surface area contributed by atoms with Crippen LogP contribution in [-0.2, 0) is 14.3 Å². The number of esters is 1. The van der Waals surface area contributed by atoms with Gasteiger partial charge in [0.25, 0.3) is 0 Å². The Morgan fingerprint density at radius 1 is 1.53 bits per heavy atom. The molecule has 0 bridgehead atoms. The number of rotatable bonds is 3. The number of nitrogens with zero attached hydrogens (tertiary/aromatic N) is 2. The summed E-state index contributed by atoms with van der Waals surface area (Å²) in [4.78, 5) is 25.9. The van der Waals surface area contributed by atoms with E-state index in [4.69, 9.17) is 4.74 Å². The molecule has 0 aliphatic heterocycles. The van der Waals surface area contributed by atoms with Crippen LogP contribution in [0.3, 0.4) is 0 Å². The summed E-state index contributed by atoms with van der Waals surface area (Å²) >= 11 is 0. The fourth-order valence-electron chi connectivity index (χ4n) is 0.960. The third-order valence-corrected chi connectivity index (χ3v) is 1.70. The maximum atomic E-state index is 11.3. The van der Waals surface area contributed by atoms with Crippen LogP contribution in [0.2, 0.25) is 0 Å². The molecule has 0 amide bonds. The molecule has 0 N–H and O–H groups in total. The van der Waals surface area contributed by atoms with Crippen LogP contribution < -0.4 is 0 Å². The van der Waals surface area contributed by atoms with Gasteiger partial charge in [-0.3, -0.25) is 4.79 Å². The molecule has 0 aliphatic carbocycles. The number of aromatic nitrogens is 2. The highest BCUT2D eigenvalue weighted by Crippen LogP contribution is 2.01. The Bertz CT molecular complexity index is 334. The first kappa shape index (κ1) is 11.2. The lowest BCUT2D eigenvalue weighted by atomic mass is 10.3. The van der Waals surface area contributed by atoms with Crippen LogP contribution in [0.15, 0.2) is 18.7 Å². The quantitative estimate of drug-likeness (QED) is 0.693. The molecule has 1 atom stereocenters. The van der Waals surface area contributed by atoms with Gasteiger partial charge in [0.15, 0.2) is 0 Å². The van der Waals surface area contributed by atoms with Crippen molar-refractivity contribution in [1.29, 1.82) is 0 Å². The van der Waals surface area contributed by atoms with Crippen molar-refractivity contribution < 1.29 is 19.1 Å². The predicted octanol–water partition coefficient (Wildman–Crippen LogP) is 0.819. The van der Waals surface area contributed by atoms with Gasteiger partial charge in [-0.15, -0.1) is 0 Å². The summed E-state index contributed by atoms with van der Waals surface area (Å²) in [5, 5.41) is 0. The minimum Gasteiger partial charge on any atom is -0.469 e. The molecule has 0 spiro atoms. The smallest absolute Gasteiger partial charge is 0.419 e. The first-order chi connectivity index (χ1) is 7.13. The predicted molar refractivity (Wildman–Crippen MR) is 50.2 cm³/mol. The van der Waals surface area contributed by atoms with Gasteiger partial charge in [-0.05, 0) is 6.92 Å². The number of methoxy groups -OCH3 is 1. The van der Waals surface area contributed by atoms with Crippen LogP contribution in [0.1, 0.15) is 13.3 Å². The molecule has 1 aromatic rings. The van der Waals surface area contributed by atoms with Gasteiger partial charge >= 0.3 is 12.1 Å². The van der Waals surface area contributed by atoms with Crippen LogP contribution in [0.25, 0.3) is 0 Å². The summed E-state index contributed by atoms with van der Waals surface area (Å²) < 4.78 is 10.6. The van der Waals surface area contributed by atoms with E-state index in [0.29, 0.717) is 0 Å². The molecular weight excluding hydrogens is 200 g/mol. The van der Waals surface area contributed by atoms with E-state index in [1.807, 2.05) is 0 Å². The molecule has 82 valence electrons. The summed E-state index contributed by atoms with van der Waals surface area (Å²) in [6.07, 6.45) is 3.21. The normalized spacial score (nSPS) is 11.9. The van der Waals surface area contributed by atoms with E-state index < -0.39 is 18.2 Å². The van der Waals surface area contributed by atoms with E-state index in [-0.39, 0.29) is 6.42 Å². The molecule has 0 aromatic carbocycles. The average molecular weight is 212 g/mol. The van der Waals surface area contributed by atoms with Crippen molar-refractivity contribution in [1.82, 2.24) is 9.55 Å². The number of ether oxygens (including phenoxy) is 2. The number of hydrogen-bond donors (Lipinski definition) is 0. The van der Waals surface area contributed by atoms with Gasteiger partial charge in [-0.2, -0.15) is 0 Å². The van der Waals surface area contributed by atoms with Crippen LogP contribution in [0.5, 0.6) is 0 Å². The Morgan fingerprint density at radius 2 is 2.27 bits per heavy atom. The molecule has 1 aromatic heterocycles. The summed E-state index contributed by atoms with van der Waals surface area (Å²) in [7, 11) is 1.28. The molecule has 0 saturated heterocycles.